The molecule has 1 heterocycles. The zero-order chi connectivity index (χ0) is 12.6. The normalized spacial score (nSPS) is 12.8. The number of nitrogens with zero attached hydrogens (tertiary/aromatic N) is 3. The Balaban J connectivity index is 2.47. The van der Waals surface area contributed by atoms with Crippen LogP contribution in [0, 0.1) is 6.92 Å². The van der Waals surface area contributed by atoms with Crippen molar-refractivity contribution in [3.63, 3.8) is 0 Å². The third-order valence-electron chi connectivity index (χ3n) is 2.69. The molecule has 2 N–H and O–H groups in total. The first-order chi connectivity index (χ1) is 8.00. The number of nitrogens with two attached hydrogens (primary N) is 1. The fourth-order valence-corrected chi connectivity index (χ4v) is 2.85. The minimum Gasteiger partial charge on any atom is -0.319 e. The molecular formula is C11H12Br2N4. The maximum atomic E-state index is 6.27. The molecular weight excluding hydrogens is 348 g/mol. The van der Waals surface area contributed by atoms with E-state index in [2.05, 4.69) is 42.2 Å². The number of hydrogen-bond donors (Lipinski definition) is 1. The highest BCUT2D eigenvalue weighted by molar-refractivity contribution is 9.10. The van der Waals surface area contributed by atoms with Crippen molar-refractivity contribution in [2.45, 2.75) is 13.0 Å². The third kappa shape index (κ3) is 2.43. The van der Waals surface area contributed by atoms with E-state index in [0.29, 0.717) is 4.60 Å². The first kappa shape index (κ1) is 12.7. The van der Waals surface area contributed by atoms with Crippen molar-refractivity contribution < 1.29 is 0 Å². The second-order valence-corrected chi connectivity index (χ2v) is 5.53. The first-order valence-electron chi connectivity index (χ1n) is 5.07. The Morgan fingerprint density at radius 1 is 1.35 bits per heavy atom. The second-order valence-electron chi connectivity index (χ2n) is 3.87. The van der Waals surface area contributed by atoms with Gasteiger partial charge in [0.25, 0.3) is 0 Å². The van der Waals surface area contributed by atoms with E-state index < -0.39 is 0 Å². The van der Waals surface area contributed by atoms with E-state index in [1.165, 1.54) is 0 Å². The molecule has 1 unspecified atom stereocenters. The van der Waals surface area contributed by atoms with Crippen molar-refractivity contribution in [2.75, 3.05) is 0 Å². The van der Waals surface area contributed by atoms with Crippen molar-refractivity contribution in [3.05, 3.63) is 44.1 Å². The fourth-order valence-electron chi connectivity index (χ4n) is 1.80. The summed E-state index contributed by atoms with van der Waals surface area (Å²) in [6, 6.07) is 5.81. The Hall–Kier alpha value is -0.720. The van der Waals surface area contributed by atoms with Crippen LogP contribution in [0.2, 0.25) is 0 Å². The lowest BCUT2D eigenvalue weighted by molar-refractivity contribution is 0.649. The summed E-state index contributed by atoms with van der Waals surface area (Å²) in [4.78, 5) is 0. The third-order valence-corrected chi connectivity index (χ3v) is 3.75. The smallest absolute Gasteiger partial charge is 0.153 e. The summed E-state index contributed by atoms with van der Waals surface area (Å²) >= 11 is 6.81. The van der Waals surface area contributed by atoms with E-state index in [1.54, 1.807) is 4.68 Å². The second kappa shape index (κ2) is 4.88. The predicted octanol–water partition coefficient (Wildman–Crippen LogP) is 2.70. The van der Waals surface area contributed by atoms with Crippen molar-refractivity contribution in [1.82, 2.24) is 15.0 Å². The topological polar surface area (TPSA) is 56.7 Å². The SMILES string of the molecule is Cc1cc(Br)ccc1C(N)c1c(Br)nnn1C. The van der Waals surface area contributed by atoms with Gasteiger partial charge in [-0.25, -0.2) is 4.68 Å². The summed E-state index contributed by atoms with van der Waals surface area (Å²) in [5.74, 6) is 0. The van der Waals surface area contributed by atoms with Gasteiger partial charge in [0.15, 0.2) is 4.60 Å². The number of aryl methyl sites for hydroxylation is 2. The average Bonchev–Trinajstić information content (AvgIpc) is 2.58. The Bertz CT molecular complexity index is 531. The molecule has 4 nitrogen and oxygen atoms in total. The van der Waals surface area contributed by atoms with Gasteiger partial charge in [-0.3, -0.25) is 0 Å². The molecule has 1 atom stereocenters. The average molecular weight is 360 g/mol. The van der Waals surface area contributed by atoms with Gasteiger partial charge in [0.05, 0.1) is 11.7 Å². The first-order valence-corrected chi connectivity index (χ1v) is 6.66. The predicted molar refractivity (Wildman–Crippen MR) is 73.6 cm³/mol. The zero-order valence-electron chi connectivity index (χ0n) is 9.48. The Morgan fingerprint density at radius 3 is 2.59 bits per heavy atom. The molecule has 1 aromatic heterocycles. The summed E-state index contributed by atoms with van der Waals surface area (Å²) < 4.78 is 3.43. The molecule has 0 fully saturated rings. The fraction of sp³-hybridized carbons (Fsp3) is 0.273. The van der Waals surface area contributed by atoms with Crippen LogP contribution < -0.4 is 5.73 Å². The highest BCUT2D eigenvalue weighted by Gasteiger charge is 2.19. The van der Waals surface area contributed by atoms with Gasteiger partial charge in [0, 0.05) is 11.5 Å². The molecule has 0 aliphatic rings. The van der Waals surface area contributed by atoms with Crippen LogP contribution in [0.15, 0.2) is 27.3 Å². The standard InChI is InChI=1S/C11H12Br2N4/c1-6-5-7(12)3-4-8(6)9(14)10-11(13)15-16-17(10)2/h3-5,9H,14H2,1-2H3. The number of benzene rings is 1. The van der Waals surface area contributed by atoms with Gasteiger partial charge in [-0.15, -0.1) is 5.10 Å². The van der Waals surface area contributed by atoms with Crippen molar-refractivity contribution in [3.8, 4) is 0 Å². The summed E-state index contributed by atoms with van der Waals surface area (Å²) in [6.45, 7) is 2.04. The Labute approximate surface area is 116 Å². The van der Waals surface area contributed by atoms with Gasteiger partial charge in [-0.2, -0.15) is 0 Å². The lowest BCUT2D eigenvalue weighted by Gasteiger charge is -2.15. The molecule has 0 aliphatic heterocycles. The zero-order valence-corrected chi connectivity index (χ0v) is 12.7. The quantitative estimate of drug-likeness (QED) is 0.896. The molecule has 0 aliphatic carbocycles. The van der Waals surface area contributed by atoms with Gasteiger partial charge in [-0.05, 0) is 46.1 Å². The van der Waals surface area contributed by atoms with E-state index >= 15 is 0 Å². The molecule has 0 spiro atoms. The minimum absolute atomic E-state index is 0.238. The van der Waals surface area contributed by atoms with Gasteiger partial charge >= 0.3 is 0 Å². The molecule has 0 bridgehead atoms. The van der Waals surface area contributed by atoms with E-state index in [0.717, 1.165) is 21.3 Å². The van der Waals surface area contributed by atoms with Gasteiger partial charge < -0.3 is 5.73 Å². The number of hydrogen-bond acceptors (Lipinski definition) is 3. The molecule has 0 amide bonds. The van der Waals surface area contributed by atoms with E-state index in [-0.39, 0.29) is 6.04 Å². The summed E-state index contributed by atoms with van der Waals surface area (Å²) in [6.07, 6.45) is 0. The van der Waals surface area contributed by atoms with Crippen LogP contribution in [0.25, 0.3) is 0 Å². The molecule has 6 heteroatoms. The highest BCUT2D eigenvalue weighted by atomic mass is 79.9. The number of halogens is 2. The van der Waals surface area contributed by atoms with E-state index in [4.69, 9.17) is 5.73 Å². The summed E-state index contributed by atoms with van der Waals surface area (Å²) in [5, 5.41) is 7.89. The van der Waals surface area contributed by atoms with Crippen LogP contribution in [0.4, 0.5) is 0 Å². The molecule has 0 radical (unpaired) electrons. The summed E-state index contributed by atoms with van der Waals surface area (Å²) in [7, 11) is 1.83. The molecule has 90 valence electrons. The van der Waals surface area contributed by atoms with Crippen LogP contribution >= 0.6 is 31.9 Å². The van der Waals surface area contributed by atoms with E-state index in [1.807, 2.05) is 32.2 Å². The van der Waals surface area contributed by atoms with Gasteiger partial charge in [0.2, 0.25) is 0 Å². The molecule has 2 aromatic rings. The molecule has 17 heavy (non-hydrogen) atoms. The van der Waals surface area contributed by atoms with Crippen molar-refractivity contribution in [1.29, 1.82) is 0 Å². The number of rotatable bonds is 2. The van der Waals surface area contributed by atoms with Crippen LogP contribution in [0.1, 0.15) is 22.9 Å². The lowest BCUT2D eigenvalue weighted by Crippen LogP contribution is -2.17. The van der Waals surface area contributed by atoms with Crippen LogP contribution in [-0.4, -0.2) is 15.0 Å². The Kier molecular flexibility index (Phi) is 3.65. The molecule has 2 rings (SSSR count). The highest BCUT2D eigenvalue weighted by Crippen LogP contribution is 2.28. The van der Waals surface area contributed by atoms with Gasteiger partial charge in [-0.1, -0.05) is 27.2 Å². The Morgan fingerprint density at radius 2 is 2.06 bits per heavy atom. The maximum absolute atomic E-state index is 6.27. The molecule has 0 saturated carbocycles. The monoisotopic (exact) mass is 358 g/mol. The lowest BCUT2D eigenvalue weighted by atomic mass is 10.00. The molecule has 1 aromatic carbocycles. The minimum atomic E-state index is -0.238. The van der Waals surface area contributed by atoms with Crippen LogP contribution in [-0.2, 0) is 7.05 Å². The van der Waals surface area contributed by atoms with E-state index in [9.17, 15) is 0 Å². The largest absolute Gasteiger partial charge is 0.319 e. The van der Waals surface area contributed by atoms with Crippen LogP contribution in [0.3, 0.4) is 0 Å². The van der Waals surface area contributed by atoms with Gasteiger partial charge in [0.1, 0.15) is 0 Å². The maximum Gasteiger partial charge on any atom is 0.153 e. The van der Waals surface area contributed by atoms with Crippen molar-refractivity contribution >= 4 is 31.9 Å². The van der Waals surface area contributed by atoms with Crippen LogP contribution in [0.5, 0.6) is 0 Å². The van der Waals surface area contributed by atoms with Crippen molar-refractivity contribution in [2.24, 2.45) is 12.8 Å². The number of aromatic nitrogens is 3. The molecule has 0 saturated heterocycles. The summed E-state index contributed by atoms with van der Waals surface area (Å²) in [5.41, 5.74) is 9.35.